The highest BCUT2D eigenvalue weighted by Gasteiger charge is 2.35. The van der Waals surface area contributed by atoms with Crippen LogP contribution in [0.5, 0.6) is 5.88 Å². The number of pyridine rings is 1. The molecule has 3 amide bonds. The molecule has 2 aromatic heterocycles. The summed E-state index contributed by atoms with van der Waals surface area (Å²) in [5.41, 5.74) is 9.82. The molecule has 0 aliphatic heterocycles. The van der Waals surface area contributed by atoms with Crippen LogP contribution < -0.4 is 20.7 Å². The van der Waals surface area contributed by atoms with Gasteiger partial charge in [0.2, 0.25) is 17.6 Å². The molecule has 14 heteroatoms. The number of nitrogens with one attached hydrogen (secondary N) is 2. The van der Waals surface area contributed by atoms with Gasteiger partial charge < -0.3 is 25.4 Å². The fourth-order valence-corrected chi connectivity index (χ4v) is 6.32. The second-order valence-corrected chi connectivity index (χ2v) is 14.8. The van der Waals surface area contributed by atoms with Crippen molar-refractivity contribution < 1.29 is 23.9 Å². The van der Waals surface area contributed by atoms with E-state index in [-0.39, 0.29) is 24.2 Å². The maximum atomic E-state index is 14.2. The molecule has 282 valence electrons. The first-order chi connectivity index (χ1) is 25.4. The van der Waals surface area contributed by atoms with Gasteiger partial charge in [0.05, 0.1) is 18.3 Å². The zero-order chi connectivity index (χ0) is 38.0. The first-order valence-electron chi connectivity index (χ1n) is 18.1. The van der Waals surface area contributed by atoms with Gasteiger partial charge in [-0.1, -0.05) is 24.3 Å². The van der Waals surface area contributed by atoms with Crippen LogP contribution in [-0.4, -0.2) is 93.9 Å². The van der Waals surface area contributed by atoms with E-state index in [1.807, 2.05) is 71.3 Å². The van der Waals surface area contributed by atoms with Crippen LogP contribution >= 0.6 is 0 Å². The van der Waals surface area contributed by atoms with Crippen molar-refractivity contribution in [1.29, 1.82) is 0 Å². The average molecular weight is 726 g/mol. The van der Waals surface area contributed by atoms with Crippen LogP contribution in [0.3, 0.4) is 0 Å². The third-order valence-corrected chi connectivity index (χ3v) is 9.07. The Bertz CT molecular complexity index is 1780. The Labute approximate surface area is 310 Å². The summed E-state index contributed by atoms with van der Waals surface area (Å²) < 4.78 is 11.1. The number of tetrazole rings is 1. The minimum absolute atomic E-state index is 0.200. The Morgan fingerprint density at radius 2 is 1.72 bits per heavy atom. The number of carbonyl (C=O) groups excluding carboxylic acids is 3. The van der Waals surface area contributed by atoms with Gasteiger partial charge in [-0.2, -0.15) is 5.21 Å². The van der Waals surface area contributed by atoms with Crippen LogP contribution in [0.25, 0.3) is 22.5 Å². The molecule has 2 heterocycles. The molecule has 4 N–H and O–H groups in total. The van der Waals surface area contributed by atoms with E-state index in [9.17, 15) is 14.4 Å². The summed E-state index contributed by atoms with van der Waals surface area (Å²) in [6.45, 7) is 7.45. The Balaban J connectivity index is 1.26. The Morgan fingerprint density at radius 1 is 0.981 bits per heavy atom. The number of ether oxygens (including phenoxy) is 2. The monoisotopic (exact) mass is 725 g/mol. The van der Waals surface area contributed by atoms with E-state index in [2.05, 4.69) is 35.8 Å². The number of benzene rings is 2. The van der Waals surface area contributed by atoms with Gasteiger partial charge >= 0.3 is 6.09 Å². The molecule has 0 radical (unpaired) electrons. The molecule has 4 aromatic rings. The fourth-order valence-electron chi connectivity index (χ4n) is 6.32. The normalized spacial score (nSPS) is 16.5. The van der Waals surface area contributed by atoms with E-state index in [1.165, 1.54) is 4.90 Å². The van der Waals surface area contributed by atoms with Crippen LogP contribution in [0.1, 0.15) is 58.4 Å². The van der Waals surface area contributed by atoms with Crippen LogP contribution in [0.2, 0.25) is 0 Å². The number of anilines is 1. The lowest BCUT2D eigenvalue weighted by atomic mass is 9.81. The smallest absolute Gasteiger partial charge is 0.407 e. The maximum absolute atomic E-state index is 14.2. The zero-order valence-corrected chi connectivity index (χ0v) is 31.2. The lowest BCUT2D eigenvalue weighted by molar-refractivity contribution is -0.130. The third-order valence-electron chi connectivity index (χ3n) is 9.07. The number of amides is 3. The van der Waals surface area contributed by atoms with Gasteiger partial charge in [0, 0.05) is 42.4 Å². The van der Waals surface area contributed by atoms with Crippen molar-refractivity contribution in [3.63, 3.8) is 0 Å². The SMILES string of the molecule is CN(C)CCCOc1ccc(-c2cccc(C[C@H](N)C(=O)N(C(=O)C3CCC(CNC(=O)OC(C)(C)C)CC3)c3ccc(-c4nn[nH]n4)cc3)c2)cn1. The van der Waals surface area contributed by atoms with Gasteiger partial charge in [-0.05, 0) is 126 Å². The Hall–Kier alpha value is -5.21. The Morgan fingerprint density at radius 3 is 2.36 bits per heavy atom. The number of rotatable bonds is 14. The van der Waals surface area contributed by atoms with E-state index in [1.54, 1.807) is 30.5 Å². The van der Waals surface area contributed by atoms with Crippen LogP contribution in [0.15, 0.2) is 66.9 Å². The van der Waals surface area contributed by atoms with Gasteiger partial charge in [-0.15, -0.1) is 10.2 Å². The van der Waals surface area contributed by atoms with Crippen LogP contribution in [0.4, 0.5) is 10.5 Å². The second kappa shape index (κ2) is 18.0. The molecule has 1 fully saturated rings. The molecule has 1 saturated carbocycles. The van der Waals surface area contributed by atoms with Crippen molar-refractivity contribution in [3.8, 4) is 28.4 Å². The highest BCUT2D eigenvalue weighted by molar-refractivity contribution is 6.17. The highest BCUT2D eigenvalue weighted by Crippen LogP contribution is 2.32. The number of imide groups is 1. The third kappa shape index (κ3) is 11.4. The number of hydrogen-bond acceptors (Lipinski definition) is 11. The molecule has 0 bridgehead atoms. The molecule has 1 aliphatic carbocycles. The fraction of sp³-hybridized carbons (Fsp3) is 0.462. The second-order valence-electron chi connectivity index (χ2n) is 14.8. The number of carbonyl (C=O) groups is 3. The molecule has 53 heavy (non-hydrogen) atoms. The molecule has 1 atom stereocenters. The van der Waals surface area contributed by atoms with Gasteiger partial charge in [-0.3, -0.25) is 9.59 Å². The van der Waals surface area contributed by atoms with E-state index in [0.717, 1.165) is 42.5 Å². The average Bonchev–Trinajstić information content (AvgIpc) is 3.68. The number of aromatic nitrogens is 5. The van der Waals surface area contributed by atoms with Crippen molar-refractivity contribution in [2.24, 2.45) is 17.6 Å². The van der Waals surface area contributed by atoms with Crippen molar-refractivity contribution in [2.45, 2.75) is 70.9 Å². The molecular formula is C39H51N9O5. The number of nitrogens with two attached hydrogens (primary N) is 1. The number of alkyl carbamates (subject to hydrolysis) is 1. The topological polar surface area (TPSA) is 182 Å². The lowest BCUT2D eigenvalue weighted by Crippen LogP contribution is -2.50. The molecule has 0 unspecified atom stereocenters. The molecule has 0 saturated heterocycles. The van der Waals surface area contributed by atoms with Crippen molar-refractivity contribution in [3.05, 3.63) is 72.4 Å². The largest absolute Gasteiger partial charge is 0.478 e. The van der Waals surface area contributed by atoms with Gasteiger partial charge in [0.1, 0.15) is 5.60 Å². The molecular weight excluding hydrogens is 674 g/mol. The molecule has 1 aliphatic rings. The summed E-state index contributed by atoms with van der Waals surface area (Å²) in [6, 6.07) is 17.5. The van der Waals surface area contributed by atoms with Gasteiger partial charge in [0.15, 0.2) is 0 Å². The summed E-state index contributed by atoms with van der Waals surface area (Å²) in [7, 11) is 4.06. The van der Waals surface area contributed by atoms with E-state index in [0.29, 0.717) is 48.9 Å². The number of nitrogens with zero attached hydrogens (tertiary/aromatic N) is 6. The van der Waals surface area contributed by atoms with Crippen molar-refractivity contribution >= 4 is 23.6 Å². The first kappa shape index (κ1) is 39.0. The van der Waals surface area contributed by atoms with Gasteiger partial charge in [0.25, 0.3) is 5.91 Å². The standard InChI is InChI=1S/C39H51N9O5/c1-39(2,3)53-38(51)42-24-26-10-12-29(13-11-26)36(49)48(32-17-14-28(15-18-32)35-43-45-46-44-35)37(50)33(40)23-27-8-6-9-30(22-27)31-16-19-34(41-25-31)52-21-7-20-47(4)5/h6,8-9,14-19,22,25-26,29,33H,7,10-13,20-21,23-24,40H2,1-5H3,(H,42,51)(H,43,44,45,46)/t26?,29?,33-/m0/s1. The number of H-pyrrole nitrogens is 1. The summed E-state index contributed by atoms with van der Waals surface area (Å²) in [4.78, 5) is 48.4. The summed E-state index contributed by atoms with van der Waals surface area (Å²) >= 11 is 0. The predicted octanol–water partition coefficient (Wildman–Crippen LogP) is 5.02. The van der Waals surface area contributed by atoms with Crippen LogP contribution in [0, 0.1) is 11.8 Å². The molecule has 5 rings (SSSR count). The van der Waals surface area contributed by atoms with E-state index in [4.69, 9.17) is 15.2 Å². The first-order valence-corrected chi connectivity index (χ1v) is 18.1. The highest BCUT2D eigenvalue weighted by atomic mass is 16.6. The van der Waals surface area contributed by atoms with Gasteiger partial charge in [-0.25, -0.2) is 14.7 Å². The maximum Gasteiger partial charge on any atom is 0.407 e. The van der Waals surface area contributed by atoms with E-state index < -0.39 is 23.6 Å². The van der Waals surface area contributed by atoms with Crippen LogP contribution in [-0.2, 0) is 20.7 Å². The lowest BCUT2D eigenvalue weighted by Gasteiger charge is -2.32. The number of aromatic amines is 1. The van der Waals surface area contributed by atoms with Crippen molar-refractivity contribution in [2.75, 3.05) is 38.7 Å². The number of hydrogen-bond donors (Lipinski definition) is 3. The molecule has 14 nitrogen and oxygen atoms in total. The Kier molecular flexibility index (Phi) is 13.3. The summed E-state index contributed by atoms with van der Waals surface area (Å²) in [6.07, 6.45) is 5.05. The van der Waals surface area contributed by atoms with Crippen molar-refractivity contribution in [1.82, 2.24) is 35.8 Å². The minimum Gasteiger partial charge on any atom is -0.478 e. The minimum atomic E-state index is -0.989. The zero-order valence-electron chi connectivity index (χ0n) is 31.2. The quantitative estimate of drug-likeness (QED) is 0.149. The summed E-state index contributed by atoms with van der Waals surface area (Å²) in [5.74, 6) is 0.00689. The molecule has 0 spiro atoms. The molecule has 2 aromatic carbocycles. The summed E-state index contributed by atoms with van der Waals surface area (Å²) in [5, 5.41) is 16.9. The predicted molar refractivity (Wildman–Crippen MR) is 202 cm³/mol. The van der Waals surface area contributed by atoms with E-state index >= 15 is 0 Å².